The lowest BCUT2D eigenvalue weighted by Gasteiger charge is -2.09. The van der Waals surface area contributed by atoms with E-state index < -0.39 is 4.92 Å². The van der Waals surface area contributed by atoms with Crippen LogP contribution in [0, 0.1) is 17.0 Å². The van der Waals surface area contributed by atoms with Crippen molar-refractivity contribution in [3.8, 4) is 0 Å². The van der Waals surface area contributed by atoms with Crippen molar-refractivity contribution in [2.75, 3.05) is 0 Å². The summed E-state index contributed by atoms with van der Waals surface area (Å²) in [6, 6.07) is 9.75. The number of benzene rings is 1. The average molecular weight is 268 g/mol. The van der Waals surface area contributed by atoms with Crippen molar-refractivity contribution in [3.63, 3.8) is 0 Å². The summed E-state index contributed by atoms with van der Waals surface area (Å²) in [4.78, 5) is 25.3. The number of nitro benzene ring substituents is 1. The highest BCUT2D eigenvalue weighted by molar-refractivity contribution is 5.89. The molecule has 2 rings (SSSR count). The Kier molecular flexibility index (Phi) is 4.00. The molecule has 0 radical (unpaired) electrons. The fraction of sp³-hybridized carbons (Fsp3) is 0.0667. The Labute approximate surface area is 115 Å². The molecule has 100 valence electrons. The van der Waals surface area contributed by atoms with E-state index in [0.717, 1.165) is 5.56 Å². The maximum absolute atomic E-state index is 10.8. The van der Waals surface area contributed by atoms with Gasteiger partial charge in [0.15, 0.2) is 0 Å². The first-order valence-electron chi connectivity index (χ1n) is 5.95. The van der Waals surface area contributed by atoms with Gasteiger partial charge in [-0.25, -0.2) is 0 Å². The van der Waals surface area contributed by atoms with E-state index in [0.29, 0.717) is 23.1 Å². The van der Waals surface area contributed by atoms with Gasteiger partial charge in [0.05, 0.1) is 10.6 Å². The second-order valence-corrected chi connectivity index (χ2v) is 4.19. The summed E-state index contributed by atoms with van der Waals surface area (Å²) in [6.07, 6.45) is 3.74. The molecule has 1 aromatic heterocycles. The number of aromatic nitrogens is 1. The Hall–Kier alpha value is -2.82. The van der Waals surface area contributed by atoms with Gasteiger partial charge in [-0.1, -0.05) is 6.07 Å². The molecule has 0 spiro atoms. The van der Waals surface area contributed by atoms with Gasteiger partial charge in [-0.2, -0.15) is 0 Å². The maximum atomic E-state index is 10.8. The summed E-state index contributed by atoms with van der Waals surface area (Å²) in [5.74, 6) is 0. The van der Waals surface area contributed by atoms with Crippen molar-refractivity contribution in [1.29, 1.82) is 0 Å². The number of carbonyl (C=O) groups excluding carboxylic acids is 1. The van der Waals surface area contributed by atoms with E-state index in [1.54, 1.807) is 18.3 Å². The summed E-state index contributed by atoms with van der Waals surface area (Å²) in [7, 11) is 0. The highest BCUT2D eigenvalue weighted by Gasteiger charge is 2.11. The van der Waals surface area contributed by atoms with Crippen LogP contribution in [0.5, 0.6) is 0 Å². The van der Waals surface area contributed by atoms with Crippen molar-refractivity contribution in [2.45, 2.75) is 6.92 Å². The molecule has 1 heterocycles. The monoisotopic (exact) mass is 268 g/mol. The van der Waals surface area contributed by atoms with Crippen LogP contribution in [0.1, 0.15) is 16.8 Å². The summed E-state index contributed by atoms with van der Waals surface area (Å²) in [6.45, 7) is 1.90. The first kappa shape index (κ1) is 13.6. The molecule has 2 aromatic rings. The number of rotatable bonds is 4. The van der Waals surface area contributed by atoms with Crippen molar-refractivity contribution >= 4 is 17.5 Å². The molecule has 0 fully saturated rings. The lowest BCUT2D eigenvalue weighted by Crippen LogP contribution is -1.96. The number of hydrogen-bond donors (Lipinski definition) is 0. The second-order valence-electron chi connectivity index (χ2n) is 4.19. The molecule has 0 aliphatic rings. The van der Waals surface area contributed by atoms with E-state index in [4.69, 9.17) is 0 Å². The Bertz CT molecular complexity index is 676. The molecule has 0 atom stereocenters. The van der Waals surface area contributed by atoms with E-state index >= 15 is 0 Å². The molecule has 0 unspecified atom stereocenters. The summed E-state index contributed by atoms with van der Waals surface area (Å²) < 4.78 is 0. The zero-order valence-electron chi connectivity index (χ0n) is 10.8. The van der Waals surface area contributed by atoms with E-state index in [9.17, 15) is 14.9 Å². The smallest absolute Gasteiger partial charge is 0.269 e. The maximum Gasteiger partial charge on any atom is 0.269 e. The Morgan fingerprint density at radius 2 is 1.95 bits per heavy atom. The van der Waals surface area contributed by atoms with Gasteiger partial charge in [0, 0.05) is 23.9 Å². The first-order valence-corrected chi connectivity index (χ1v) is 5.95. The van der Waals surface area contributed by atoms with Gasteiger partial charge in [-0.3, -0.25) is 19.9 Å². The van der Waals surface area contributed by atoms with E-state index in [1.165, 1.54) is 18.2 Å². The summed E-state index contributed by atoms with van der Waals surface area (Å²) >= 11 is 0. The number of nitrogens with zero attached hydrogens (tertiary/aromatic N) is 2. The number of allylic oxidation sites excluding steroid dienone is 1. The molecule has 0 bridgehead atoms. The zero-order chi connectivity index (χ0) is 14.5. The molecule has 0 saturated carbocycles. The molecule has 5 heteroatoms. The fourth-order valence-corrected chi connectivity index (χ4v) is 1.91. The van der Waals surface area contributed by atoms with Gasteiger partial charge in [0.25, 0.3) is 5.69 Å². The first-order chi connectivity index (χ1) is 9.63. The molecule has 5 nitrogen and oxygen atoms in total. The molecular weight excluding hydrogens is 256 g/mol. The van der Waals surface area contributed by atoms with E-state index in [-0.39, 0.29) is 5.69 Å². The standard InChI is InChI=1S/C15H12N2O3/c1-11-3-2-9-16-15(11)14(8-10-18)12-4-6-13(7-5-12)17(19)20/h2-10H,1H3/b14-8+. The summed E-state index contributed by atoms with van der Waals surface area (Å²) in [5, 5.41) is 10.7. The average Bonchev–Trinajstić information content (AvgIpc) is 2.46. The van der Waals surface area contributed by atoms with Gasteiger partial charge in [-0.05, 0) is 42.3 Å². The van der Waals surface area contributed by atoms with Crippen LogP contribution in [0.15, 0.2) is 48.7 Å². The Morgan fingerprint density at radius 1 is 1.25 bits per heavy atom. The highest BCUT2D eigenvalue weighted by Crippen LogP contribution is 2.25. The van der Waals surface area contributed by atoms with Gasteiger partial charge in [0.1, 0.15) is 6.29 Å². The van der Waals surface area contributed by atoms with Crippen LogP contribution >= 0.6 is 0 Å². The molecular formula is C15H12N2O3. The van der Waals surface area contributed by atoms with Crippen LogP contribution in [0.25, 0.3) is 5.57 Å². The number of pyridine rings is 1. The molecule has 0 saturated heterocycles. The van der Waals surface area contributed by atoms with Crippen molar-refractivity contribution < 1.29 is 9.72 Å². The molecule has 0 N–H and O–H groups in total. The zero-order valence-corrected chi connectivity index (χ0v) is 10.8. The highest BCUT2D eigenvalue weighted by atomic mass is 16.6. The number of hydrogen-bond acceptors (Lipinski definition) is 4. The predicted molar refractivity (Wildman–Crippen MR) is 75.2 cm³/mol. The molecule has 1 aromatic carbocycles. The largest absolute Gasteiger partial charge is 0.299 e. The van der Waals surface area contributed by atoms with Crippen LogP contribution in [-0.2, 0) is 4.79 Å². The third-order valence-corrected chi connectivity index (χ3v) is 2.89. The van der Waals surface area contributed by atoms with Gasteiger partial charge in [0.2, 0.25) is 0 Å². The minimum atomic E-state index is -0.459. The fourth-order valence-electron chi connectivity index (χ4n) is 1.91. The third-order valence-electron chi connectivity index (χ3n) is 2.89. The number of aldehydes is 1. The number of carbonyl (C=O) groups is 1. The minimum absolute atomic E-state index is 0.0111. The lowest BCUT2D eigenvalue weighted by molar-refractivity contribution is -0.384. The van der Waals surface area contributed by atoms with Crippen molar-refractivity contribution in [2.24, 2.45) is 0 Å². The van der Waals surface area contributed by atoms with E-state index in [2.05, 4.69) is 4.98 Å². The van der Waals surface area contributed by atoms with E-state index in [1.807, 2.05) is 19.1 Å². The van der Waals surface area contributed by atoms with Gasteiger partial charge < -0.3 is 0 Å². The third kappa shape index (κ3) is 2.77. The number of non-ortho nitro benzene ring substituents is 1. The quantitative estimate of drug-likeness (QED) is 0.370. The van der Waals surface area contributed by atoms with Crippen LogP contribution in [0.4, 0.5) is 5.69 Å². The van der Waals surface area contributed by atoms with Crippen LogP contribution in [-0.4, -0.2) is 16.2 Å². The SMILES string of the molecule is Cc1cccnc1/C(=C/C=O)c1ccc([N+](=O)[O-])cc1. The normalized spacial score (nSPS) is 11.2. The minimum Gasteiger partial charge on any atom is -0.299 e. The Morgan fingerprint density at radius 3 is 2.50 bits per heavy atom. The molecule has 0 amide bonds. The summed E-state index contributed by atoms with van der Waals surface area (Å²) in [5.41, 5.74) is 2.99. The molecule has 0 aliphatic carbocycles. The Balaban J connectivity index is 2.50. The molecule has 20 heavy (non-hydrogen) atoms. The van der Waals surface area contributed by atoms with Gasteiger partial charge >= 0.3 is 0 Å². The number of nitro groups is 1. The second kappa shape index (κ2) is 5.88. The lowest BCUT2D eigenvalue weighted by atomic mass is 9.99. The van der Waals surface area contributed by atoms with Crippen molar-refractivity contribution in [1.82, 2.24) is 4.98 Å². The van der Waals surface area contributed by atoms with Crippen LogP contribution in [0.3, 0.4) is 0 Å². The topological polar surface area (TPSA) is 73.1 Å². The number of aryl methyl sites for hydroxylation is 1. The van der Waals surface area contributed by atoms with Crippen LogP contribution in [0.2, 0.25) is 0 Å². The predicted octanol–water partition coefficient (Wildman–Crippen LogP) is 2.93. The van der Waals surface area contributed by atoms with Crippen LogP contribution < -0.4 is 0 Å². The van der Waals surface area contributed by atoms with Crippen molar-refractivity contribution in [3.05, 3.63) is 75.6 Å². The molecule has 0 aliphatic heterocycles. The van der Waals surface area contributed by atoms with Gasteiger partial charge in [-0.15, -0.1) is 0 Å².